The number of aromatic nitrogens is 2. The number of rotatable bonds is 4. The minimum Gasteiger partial charge on any atom is -0.380 e. The van der Waals surface area contributed by atoms with Crippen LogP contribution < -0.4 is 0 Å². The van der Waals surface area contributed by atoms with Crippen LogP contribution in [0.2, 0.25) is 0 Å². The molecule has 0 fully saturated rings. The summed E-state index contributed by atoms with van der Waals surface area (Å²) in [6, 6.07) is 0. The number of imidazole rings is 1. The Hall–Kier alpha value is -0.830. The molecular formula is C8H13N2O. The first-order valence-electron chi connectivity index (χ1n) is 3.82. The van der Waals surface area contributed by atoms with E-state index in [0.717, 1.165) is 25.6 Å². The second-order valence-corrected chi connectivity index (χ2v) is 2.31. The van der Waals surface area contributed by atoms with E-state index in [0.29, 0.717) is 0 Å². The molecule has 0 saturated carbocycles. The van der Waals surface area contributed by atoms with Crippen molar-refractivity contribution in [3.63, 3.8) is 0 Å². The van der Waals surface area contributed by atoms with Crippen molar-refractivity contribution in [2.75, 3.05) is 13.2 Å². The Bertz CT molecular complexity index is 208. The maximum atomic E-state index is 5.20. The van der Waals surface area contributed by atoms with Gasteiger partial charge in [-0.05, 0) is 13.8 Å². The Morgan fingerprint density at radius 1 is 1.73 bits per heavy atom. The highest BCUT2D eigenvalue weighted by molar-refractivity contribution is 4.86. The van der Waals surface area contributed by atoms with Crippen LogP contribution in [0.5, 0.6) is 0 Å². The Labute approximate surface area is 67.0 Å². The van der Waals surface area contributed by atoms with Crippen LogP contribution in [-0.4, -0.2) is 22.8 Å². The van der Waals surface area contributed by atoms with Crippen LogP contribution in [0.4, 0.5) is 0 Å². The average Bonchev–Trinajstić information content (AvgIpc) is 2.37. The monoisotopic (exact) mass is 153 g/mol. The summed E-state index contributed by atoms with van der Waals surface area (Å²) < 4.78 is 7.22. The van der Waals surface area contributed by atoms with Gasteiger partial charge in [0.25, 0.3) is 0 Å². The number of aryl methyl sites for hydroxylation is 1. The van der Waals surface area contributed by atoms with E-state index in [1.54, 1.807) is 0 Å². The molecule has 0 saturated heterocycles. The van der Waals surface area contributed by atoms with Crippen molar-refractivity contribution in [1.82, 2.24) is 9.55 Å². The molecule has 1 heterocycles. The van der Waals surface area contributed by atoms with Crippen LogP contribution in [-0.2, 0) is 11.3 Å². The van der Waals surface area contributed by atoms with Crippen molar-refractivity contribution < 1.29 is 4.74 Å². The fourth-order valence-corrected chi connectivity index (χ4v) is 0.883. The quantitative estimate of drug-likeness (QED) is 0.604. The molecule has 61 valence electrons. The molecule has 0 aromatic carbocycles. The van der Waals surface area contributed by atoms with Crippen molar-refractivity contribution >= 4 is 0 Å². The van der Waals surface area contributed by atoms with Gasteiger partial charge in [0.2, 0.25) is 0 Å². The molecule has 1 rings (SSSR count). The zero-order valence-electron chi connectivity index (χ0n) is 7.00. The van der Waals surface area contributed by atoms with Crippen LogP contribution >= 0.6 is 0 Å². The normalized spacial score (nSPS) is 10.4. The highest BCUT2D eigenvalue weighted by atomic mass is 16.5. The second-order valence-electron chi connectivity index (χ2n) is 2.31. The summed E-state index contributed by atoms with van der Waals surface area (Å²) in [4.78, 5) is 3.98. The molecule has 0 N–H and O–H groups in total. The van der Waals surface area contributed by atoms with Crippen LogP contribution in [0.1, 0.15) is 12.7 Å². The maximum Gasteiger partial charge on any atom is 0.109 e. The fourth-order valence-electron chi connectivity index (χ4n) is 0.883. The molecule has 0 spiro atoms. The van der Waals surface area contributed by atoms with Crippen molar-refractivity contribution in [3.05, 3.63) is 18.2 Å². The summed E-state index contributed by atoms with van der Waals surface area (Å²) in [5.74, 6) is 0.990. The Morgan fingerprint density at radius 3 is 3.09 bits per heavy atom. The van der Waals surface area contributed by atoms with E-state index in [9.17, 15) is 0 Å². The van der Waals surface area contributed by atoms with Gasteiger partial charge < -0.3 is 9.30 Å². The second kappa shape index (κ2) is 4.13. The minimum atomic E-state index is 0.752. The smallest absolute Gasteiger partial charge is 0.109 e. The van der Waals surface area contributed by atoms with Gasteiger partial charge in [-0.3, -0.25) is 0 Å². The van der Waals surface area contributed by atoms with Crippen molar-refractivity contribution in [2.24, 2.45) is 0 Å². The lowest BCUT2D eigenvalue weighted by Crippen LogP contribution is -2.06. The van der Waals surface area contributed by atoms with Gasteiger partial charge in [-0.25, -0.2) is 4.98 Å². The zero-order chi connectivity index (χ0) is 8.10. The molecule has 11 heavy (non-hydrogen) atoms. The predicted octanol–water partition coefficient (Wildman–Crippen LogP) is 1.03. The average molecular weight is 153 g/mol. The van der Waals surface area contributed by atoms with E-state index in [1.165, 1.54) is 0 Å². The molecule has 0 atom stereocenters. The summed E-state index contributed by atoms with van der Waals surface area (Å²) in [5.41, 5.74) is 0. The fraction of sp³-hybridized carbons (Fsp3) is 0.625. The first-order valence-corrected chi connectivity index (χ1v) is 3.82. The lowest BCUT2D eigenvalue weighted by Gasteiger charge is -2.03. The predicted molar refractivity (Wildman–Crippen MR) is 42.3 cm³/mol. The van der Waals surface area contributed by atoms with E-state index in [1.807, 2.05) is 24.6 Å². The SMILES string of the molecule is CCOCCn1c[c]nc1C. The molecule has 0 aliphatic carbocycles. The topological polar surface area (TPSA) is 27.1 Å². The van der Waals surface area contributed by atoms with Crippen LogP contribution in [0, 0.1) is 13.1 Å². The Morgan fingerprint density at radius 2 is 2.55 bits per heavy atom. The van der Waals surface area contributed by atoms with Crippen LogP contribution in [0.3, 0.4) is 0 Å². The summed E-state index contributed by atoms with van der Waals surface area (Å²) in [6.45, 7) is 6.35. The zero-order valence-corrected chi connectivity index (χ0v) is 7.00. The van der Waals surface area contributed by atoms with Crippen molar-refractivity contribution in [3.8, 4) is 0 Å². The lowest BCUT2D eigenvalue weighted by molar-refractivity contribution is 0.138. The first kappa shape index (κ1) is 8.27. The summed E-state index contributed by atoms with van der Waals surface area (Å²) in [7, 11) is 0. The molecular weight excluding hydrogens is 140 g/mol. The van der Waals surface area contributed by atoms with Gasteiger partial charge in [0.1, 0.15) is 12.0 Å². The molecule has 3 heteroatoms. The first-order chi connectivity index (χ1) is 5.34. The van der Waals surface area contributed by atoms with E-state index in [-0.39, 0.29) is 0 Å². The van der Waals surface area contributed by atoms with Gasteiger partial charge in [0.05, 0.1) is 6.61 Å². The Balaban J connectivity index is 2.32. The minimum absolute atomic E-state index is 0.752. The standard InChI is InChI=1S/C8H13N2O/c1-3-11-7-6-10-5-4-9-8(10)2/h5H,3,6-7H2,1-2H3. The van der Waals surface area contributed by atoms with Gasteiger partial charge in [0, 0.05) is 19.3 Å². The summed E-state index contributed by atoms with van der Waals surface area (Å²) >= 11 is 0. The number of nitrogens with zero attached hydrogens (tertiary/aromatic N) is 2. The van der Waals surface area contributed by atoms with Gasteiger partial charge in [-0.1, -0.05) is 0 Å². The van der Waals surface area contributed by atoms with Gasteiger partial charge in [-0.2, -0.15) is 0 Å². The largest absolute Gasteiger partial charge is 0.380 e. The van der Waals surface area contributed by atoms with Crippen LogP contribution in [0.15, 0.2) is 6.20 Å². The maximum absolute atomic E-state index is 5.20. The van der Waals surface area contributed by atoms with Gasteiger partial charge in [0.15, 0.2) is 0 Å². The van der Waals surface area contributed by atoms with E-state index < -0.39 is 0 Å². The van der Waals surface area contributed by atoms with Gasteiger partial charge in [-0.15, -0.1) is 0 Å². The molecule has 0 aliphatic rings. The van der Waals surface area contributed by atoms with Crippen molar-refractivity contribution in [2.45, 2.75) is 20.4 Å². The summed E-state index contributed by atoms with van der Waals surface area (Å²) in [6.07, 6.45) is 4.62. The van der Waals surface area contributed by atoms with E-state index in [2.05, 4.69) is 11.2 Å². The molecule has 0 aliphatic heterocycles. The third kappa shape index (κ3) is 2.35. The van der Waals surface area contributed by atoms with Crippen molar-refractivity contribution in [1.29, 1.82) is 0 Å². The molecule has 1 radical (unpaired) electrons. The lowest BCUT2D eigenvalue weighted by atomic mass is 10.6. The highest BCUT2D eigenvalue weighted by Gasteiger charge is 1.94. The molecule has 0 amide bonds. The summed E-state index contributed by atoms with van der Waals surface area (Å²) in [5, 5.41) is 0. The van der Waals surface area contributed by atoms with E-state index >= 15 is 0 Å². The number of hydrogen-bond acceptors (Lipinski definition) is 2. The van der Waals surface area contributed by atoms with Crippen LogP contribution in [0.25, 0.3) is 0 Å². The third-order valence-electron chi connectivity index (χ3n) is 1.54. The van der Waals surface area contributed by atoms with E-state index in [4.69, 9.17) is 4.74 Å². The molecule has 1 aromatic heterocycles. The number of ether oxygens (including phenoxy) is 1. The van der Waals surface area contributed by atoms with Gasteiger partial charge >= 0.3 is 0 Å². The number of hydrogen-bond donors (Lipinski definition) is 0. The highest BCUT2D eigenvalue weighted by Crippen LogP contribution is 1.93. The molecule has 3 nitrogen and oxygen atoms in total. The Kier molecular flexibility index (Phi) is 3.11. The molecule has 0 bridgehead atoms. The molecule has 1 aromatic rings. The molecule has 0 unspecified atom stereocenters. The third-order valence-corrected chi connectivity index (χ3v) is 1.54.